The zero-order valence-corrected chi connectivity index (χ0v) is 12.4. The molecule has 116 valence electrons. The normalized spacial score (nSPS) is 18.5. The Hall–Kier alpha value is -1.82. The topological polar surface area (TPSA) is 80.0 Å². The standard InChI is InChI=1S/C15H21NO5/c1-3-12-11(15(18)19)8-13(21-12)14(17)16(2)9-10-6-4-5-7-20-10/h8,10H,3-7,9H2,1-2H3,(H,18,19). The Kier molecular flexibility index (Phi) is 5.01. The van der Waals surface area contributed by atoms with Crippen molar-refractivity contribution in [3.8, 4) is 0 Å². The summed E-state index contributed by atoms with van der Waals surface area (Å²) in [6, 6.07) is 1.31. The number of ether oxygens (including phenoxy) is 1. The van der Waals surface area contributed by atoms with E-state index in [1.807, 2.05) is 0 Å². The van der Waals surface area contributed by atoms with E-state index >= 15 is 0 Å². The Bertz CT molecular complexity index is 516. The first kappa shape index (κ1) is 15.6. The van der Waals surface area contributed by atoms with Gasteiger partial charge in [-0.05, 0) is 19.3 Å². The predicted octanol–water partition coefficient (Wildman–Crippen LogP) is 2.18. The van der Waals surface area contributed by atoms with Crippen molar-refractivity contribution in [1.82, 2.24) is 4.90 Å². The Morgan fingerprint density at radius 1 is 1.43 bits per heavy atom. The molecule has 0 spiro atoms. The van der Waals surface area contributed by atoms with Crippen LogP contribution in [0.25, 0.3) is 0 Å². The molecule has 1 aromatic heterocycles. The Labute approximate surface area is 123 Å². The number of aromatic carboxylic acids is 1. The van der Waals surface area contributed by atoms with Crippen LogP contribution in [-0.4, -0.2) is 48.2 Å². The lowest BCUT2D eigenvalue weighted by Crippen LogP contribution is -2.37. The number of carbonyl (C=O) groups is 2. The van der Waals surface area contributed by atoms with Crippen LogP contribution in [0.5, 0.6) is 0 Å². The minimum atomic E-state index is -1.08. The van der Waals surface area contributed by atoms with Gasteiger partial charge in [-0.25, -0.2) is 4.79 Å². The van der Waals surface area contributed by atoms with Gasteiger partial charge in [0.2, 0.25) is 0 Å². The number of furan rings is 1. The molecule has 1 amide bonds. The summed E-state index contributed by atoms with van der Waals surface area (Å²) in [6.45, 7) is 3.01. The molecule has 1 fully saturated rings. The van der Waals surface area contributed by atoms with Crippen molar-refractivity contribution in [2.45, 2.75) is 38.7 Å². The molecule has 2 rings (SSSR count). The fourth-order valence-corrected chi connectivity index (χ4v) is 2.51. The zero-order chi connectivity index (χ0) is 15.4. The smallest absolute Gasteiger partial charge is 0.339 e. The number of amides is 1. The summed E-state index contributed by atoms with van der Waals surface area (Å²) in [5, 5.41) is 9.09. The van der Waals surface area contributed by atoms with E-state index in [1.165, 1.54) is 11.0 Å². The lowest BCUT2D eigenvalue weighted by atomic mass is 10.1. The molecule has 0 bridgehead atoms. The van der Waals surface area contributed by atoms with Crippen LogP contribution in [0.1, 0.15) is 52.9 Å². The van der Waals surface area contributed by atoms with Gasteiger partial charge in [0.25, 0.3) is 5.91 Å². The summed E-state index contributed by atoms with van der Waals surface area (Å²) >= 11 is 0. The van der Waals surface area contributed by atoms with E-state index in [9.17, 15) is 9.59 Å². The van der Waals surface area contributed by atoms with E-state index in [0.717, 1.165) is 25.9 Å². The fourth-order valence-electron chi connectivity index (χ4n) is 2.51. The number of carbonyl (C=O) groups excluding carboxylic acids is 1. The van der Waals surface area contributed by atoms with E-state index < -0.39 is 5.97 Å². The first-order valence-electron chi connectivity index (χ1n) is 7.26. The highest BCUT2D eigenvalue weighted by molar-refractivity contribution is 5.96. The van der Waals surface area contributed by atoms with Gasteiger partial charge in [-0.3, -0.25) is 4.79 Å². The van der Waals surface area contributed by atoms with Crippen molar-refractivity contribution in [3.05, 3.63) is 23.2 Å². The largest absolute Gasteiger partial charge is 0.478 e. The highest BCUT2D eigenvalue weighted by Crippen LogP contribution is 2.19. The van der Waals surface area contributed by atoms with Gasteiger partial charge in [-0.1, -0.05) is 6.92 Å². The minimum absolute atomic E-state index is 0.0484. The number of hydrogen-bond donors (Lipinski definition) is 1. The average Bonchev–Trinajstić information content (AvgIpc) is 2.92. The fraction of sp³-hybridized carbons (Fsp3) is 0.600. The molecular weight excluding hydrogens is 274 g/mol. The molecule has 6 nitrogen and oxygen atoms in total. The van der Waals surface area contributed by atoms with Crippen molar-refractivity contribution >= 4 is 11.9 Å². The van der Waals surface area contributed by atoms with Crippen molar-refractivity contribution < 1.29 is 23.8 Å². The Morgan fingerprint density at radius 2 is 2.19 bits per heavy atom. The van der Waals surface area contributed by atoms with Gasteiger partial charge < -0.3 is 19.2 Å². The quantitative estimate of drug-likeness (QED) is 0.900. The van der Waals surface area contributed by atoms with Crippen molar-refractivity contribution in [2.75, 3.05) is 20.2 Å². The van der Waals surface area contributed by atoms with Gasteiger partial charge in [0.15, 0.2) is 5.76 Å². The Morgan fingerprint density at radius 3 is 2.71 bits per heavy atom. The van der Waals surface area contributed by atoms with Crippen molar-refractivity contribution in [2.24, 2.45) is 0 Å². The molecule has 1 atom stereocenters. The predicted molar refractivity (Wildman–Crippen MR) is 75.6 cm³/mol. The van der Waals surface area contributed by atoms with E-state index in [2.05, 4.69) is 0 Å². The third kappa shape index (κ3) is 3.64. The lowest BCUT2D eigenvalue weighted by Gasteiger charge is -2.26. The van der Waals surface area contributed by atoms with Crippen LogP contribution >= 0.6 is 0 Å². The highest BCUT2D eigenvalue weighted by atomic mass is 16.5. The van der Waals surface area contributed by atoms with Gasteiger partial charge in [-0.2, -0.15) is 0 Å². The first-order valence-corrected chi connectivity index (χ1v) is 7.26. The van der Waals surface area contributed by atoms with Crippen LogP contribution in [0.2, 0.25) is 0 Å². The van der Waals surface area contributed by atoms with Crippen molar-refractivity contribution in [1.29, 1.82) is 0 Å². The lowest BCUT2D eigenvalue weighted by molar-refractivity contribution is -0.000732. The van der Waals surface area contributed by atoms with Gasteiger partial charge in [0.1, 0.15) is 11.3 Å². The van der Waals surface area contributed by atoms with E-state index in [0.29, 0.717) is 18.7 Å². The number of aryl methyl sites for hydroxylation is 1. The highest BCUT2D eigenvalue weighted by Gasteiger charge is 2.24. The zero-order valence-electron chi connectivity index (χ0n) is 12.4. The number of carboxylic acid groups (broad SMARTS) is 1. The molecule has 1 aliphatic rings. The molecule has 0 aliphatic carbocycles. The van der Waals surface area contributed by atoms with Gasteiger partial charge >= 0.3 is 5.97 Å². The molecule has 1 unspecified atom stereocenters. The minimum Gasteiger partial charge on any atom is -0.478 e. The van der Waals surface area contributed by atoms with E-state index in [-0.39, 0.29) is 23.3 Å². The monoisotopic (exact) mass is 295 g/mol. The number of nitrogens with zero attached hydrogens (tertiary/aromatic N) is 1. The Balaban J connectivity index is 2.06. The van der Waals surface area contributed by atoms with Crippen LogP contribution in [0.15, 0.2) is 10.5 Å². The molecular formula is C15H21NO5. The van der Waals surface area contributed by atoms with Crippen LogP contribution in [0.3, 0.4) is 0 Å². The summed E-state index contributed by atoms with van der Waals surface area (Å²) in [6.07, 6.45) is 3.60. The number of hydrogen-bond acceptors (Lipinski definition) is 4. The summed E-state index contributed by atoms with van der Waals surface area (Å²) in [4.78, 5) is 24.9. The molecule has 1 aromatic rings. The summed E-state index contributed by atoms with van der Waals surface area (Å²) in [7, 11) is 1.68. The number of rotatable bonds is 5. The molecule has 1 aliphatic heterocycles. The average molecular weight is 295 g/mol. The summed E-state index contributed by atoms with van der Waals surface area (Å²) < 4.78 is 11.0. The summed E-state index contributed by atoms with van der Waals surface area (Å²) in [5.41, 5.74) is 0.0585. The number of carboxylic acids is 1. The van der Waals surface area contributed by atoms with Gasteiger partial charge in [0, 0.05) is 32.7 Å². The second-order valence-corrected chi connectivity index (χ2v) is 5.28. The van der Waals surface area contributed by atoms with Crippen molar-refractivity contribution in [3.63, 3.8) is 0 Å². The second-order valence-electron chi connectivity index (χ2n) is 5.28. The van der Waals surface area contributed by atoms with Gasteiger partial charge in [-0.15, -0.1) is 0 Å². The molecule has 2 heterocycles. The molecule has 0 saturated carbocycles. The molecule has 0 radical (unpaired) electrons. The van der Waals surface area contributed by atoms with Crippen LogP contribution in [-0.2, 0) is 11.2 Å². The second kappa shape index (κ2) is 6.76. The van der Waals surface area contributed by atoms with Crippen LogP contribution < -0.4 is 0 Å². The third-order valence-electron chi connectivity index (χ3n) is 3.67. The SMILES string of the molecule is CCc1oc(C(=O)N(C)CC2CCCCO2)cc1C(=O)O. The van der Waals surface area contributed by atoms with E-state index in [4.69, 9.17) is 14.3 Å². The molecule has 1 saturated heterocycles. The molecule has 0 aromatic carbocycles. The third-order valence-corrected chi connectivity index (χ3v) is 3.67. The summed E-state index contributed by atoms with van der Waals surface area (Å²) in [5.74, 6) is -0.991. The first-order chi connectivity index (χ1) is 10.0. The molecule has 6 heteroatoms. The maximum atomic E-state index is 12.3. The maximum absolute atomic E-state index is 12.3. The van der Waals surface area contributed by atoms with Gasteiger partial charge in [0.05, 0.1) is 6.10 Å². The molecule has 21 heavy (non-hydrogen) atoms. The van der Waals surface area contributed by atoms with Crippen LogP contribution in [0.4, 0.5) is 0 Å². The maximum Gasteiger partial charge on any atom is 0.339 e. The van der Waals surface area contributed by atoms with Crippen LogP contribution in [0, 0.1) is 0 Å². The number of likely N-dealkylation sites (N-methyl/N-ethyl adjacent to an activating group) is 1. The van der Waals surface area contributed by atoms with E-state index in [1.54, 1.807) is 14.0 Å². The molecule has 1 N–H and O–H groups in total.